The van der Waals surface area contributed by atoms with Crippen molar-refractivity contribution in [3.8, 4) is 0 Å². The minimum absolute atomic E-state index is 0.145. The van der Waals surface area contributed by atoms with Gasteiger partial charge >= 0.3 is 0 Å². The lowest BCUT2D eigenvalue weighted by molar-refractivity contribution is 0.587. The fourth-order valence-corrected chi connectivity index (χ4v) is 4.56. The van der Waals surface area contributed by atoms with Gasteiger partial charge < -0.3 is 0 Å². The SMILES string of the molecule is Cc1c(CCl)n(S(=O)(=O)c2ccccc2)c2ccccc12. The monoisotopic (exact) mass is 319 g/mol. The van der Waals surface area contributed by atoms with Crippen molar-refractivity contribution in [1.82, 2.24) is 3.97 Å². The van der Waals surface area contributed by atoms with Crippen LogP contribution in [-0.4, -0.2) is 12.4 Å². The summed E-state index contributed by atoms with van der Waals surface area (Å²) in [5.41, 5.74) is 2.18. The number of aromatic nitrogens is 1. The normalized spacial score (nSPS) is 11.9. The third-order valence-corrected chi connectivity index (χ3v) is 5.63. The highest BCUT2D eigenvalue weighted by molar-refractivity contribution is 7.90. The summed E-state index contributed by atoms with van der Waals surface area (Å²) in [6, 6.07) is 15.9. The van der Waals surface area contributed by atoms with Crippen molar-refractivity contribution in [3.05, 3.63) is 65.9 Å². The molecule has 1 aromatic heterocycles. The van der Waals surface area contributed by atoms with Crippen LogP contribution in [-0.2, 0) is 15.9 Å². The summed E-state index contributed by atoms with van der Waals surface area (Å²) >= 11 is 6.02. The van der Waals surface area contributed by atoms with Crippen LogP contribution in [0.25, 0.3) is 10.9 Å². The molecule has 21 heavy (non-hydrogen) atoms. The molecule has 0 atom stereocenters. The van der Waals surface area contributed by atoms with Gasteiger partial charge in [-0.15, -0.1) is 11.6 Å². The zero-order valence-corrected chi connectivity index (χ0v) is 13.0. The first kappa shape index (κ1) is 14.2. The highest BCUT2D eigenvalue weighted by atomic mass is 35.5. The Balaban J connectivity index is 2.40. The van der Waals surface area contributed by atoms with E-state index in [1.165, 1.54) is 3.97 Å². The van der Waals surface area contributed by atoms with Crippen molar-refractivity contribution in [2.24, 2.45) is 0 Å². The number of halogens is 1. The maximum absolute atomic E-state index is 12.9. The number of fused-ring (bicyclic) bond motifs is 1. The predicted octanol–water partition coefficient (Wildman–Crippen LogP) is 3.93. The Morgan fingerprint density at radius 2 is 1.62 bits per heavy atom. The van der Waals surface area contributed by atoms with Crippen molar-refractivity contribution in [1.29, 1.82) is 0 Å². The molecule has 0 N–H and O–H groups in total. The average Bonchev–Trinajstić information content (AvgIpc) is 2.81. The third-order valence-electron chi connectivity index (χ3n) is 3.61. The first-order valence-corrected chi connectivity index (χ1v) is 8.50. The van der Waals surface area contributed by atoms with E-state index in [1.54, 1.807) is 36.4 Å². The van der Waals surface area contributed by atoms with Gasteiger partial charge in [0.05, 0.1) is 22.0 Å². The molecule has 0 aliphatic carbocycles. The standard InChI is InChI=1S/C16H14ClNO2S/c1-12-14-9-5-6-10-15(14)18(16(12)11-17)21(19,20)13-7-3-2-4-8-13/h2-10H,11H2,1H3. The molecule has 0 unspecified atom stereocenters. The summed E-state index contributed by atoms with van der Waals surface area (Å²) in [5, 5.41) is 0.910. The Hall–Kier alpha value is -1.78. The Bertz CT molecular complexity index is 899. The summed E-state index contributed by atoms with van der Waals surface area (Å²) in [6.45, 7) is 1.90. The molecule has 108 valence electrons. The first-order valence-electron chi connectivity index (χ1n) is 6.53. The lowest BCUT2D eigenvalue weighted by Crippen LogP contribution is -2.15. The van der Waals surface area contributed by atoms with E-state index in [1.807, 2.05) is 25.1 Å². The Kier molecular flexibility index (Phi) is 3.51. The van der Waals surface area contributed by atoms with Gasteiger partial charge in [0, 0.05) is 5.39 Å². The molecule has 2 aromatic carbocycles. The summed E-state index contributed by atoms with van der Waals surface area (Å²) in [7, 11) is -3.66. The van der Waals surface area contributed by atoms with Gasteiger partial charge in [-0.2, -0.15) is 0 Å². The van der Waals surface area contributed by atoms with Crippen LogP contribution in [0.2, 0.25) is 0 Å². The van der Waals surface area contributed by atoms with Gasteiger partial charge in [-0.3, -0.25) is 0 Å². The largest absolute Gasteiger partial charge is 0.268 e. The van der Waals surface area contributed by atoms with Crippen LogP contribution in [0.1, 0.15) is 11.3 Å². The molecule has 0 spiro atoms. The number of hydrogen-bond donors (Lipinski definition) is 0. The quantitative estimate of drug-likeness (QED) is 0.686. The lowest BCUT2D eigenvalue weighted by Gasteiger charge is -2.11. The number of nitrogens with zero attached hydrogens (tertiary/aromatic N) is 1. The van der Waals surface area contributed by atoms with Crippen molar-refractivity contribution < 1.29 is 8.42 Å². The molecular formula is C16H14ClNO2S. The van der Waals surface area contributed by atoms with Gasteiger partial charge in [0.2, 0.25) is 0 Å². The average molecular weight is 320 g/mol. The second kappa shape index (κ2) is 5.20. The maximum atomic E-state index is 12.9. The Labute approximate surface area is 128 Å². The predicted molar refractivity (Wildman–Crippen MR) is 85.3 cm³/mol. The third kappa shape index (κ3) is 2.15. The molecule has 0 bridgehead atoms. The molecule has 3 nitrogen and oxygen atoms in total. The molecule has 0 fully saturated rings. The van der Waals surface area contributed by atoms with Crippen LogP contribution < -0.4 is 0 Å². The number of rotatable bonds is 3. The van der Waals surface area contributed by atoms with Crippen LogP contribution in [0.3, 0.4) is 0 Å². The van der Waals surface area contributed by atoms with E-state index in [4.69, 9.17) is 11.6 Å². The van der Waals surface area contributed by atoms with E-state index in [9.17, 15) is 8.42 Å². The van der Waals surface area contributed by atoms with Crippen molar-refractivity contribution in [2.45, 2.75) is 17.7 Å². The number of para-hydroxylation sites is 1. The maximum Gasteiger partial charge on any atom is 0.268 e. The van der Waals surface area contributed by atoms with Crippen LogP contribution in [0.15, 0.2) is 59.5 Å². The van der Waals surface area contributed by atoms with Gasteiger partial charge in [-0.05, 0) is 30.7 Å². The molecule has 3 aromatic rings. The smallest absolute Gasteiger partial charge is 0.236 e. The summed E-state index contributed by atoms with van der Waals surface area (Å²) < 4.78 is 27.3. The van der Waals surface area contributed by atoms with Crippen LogP contribution >= 0.6 is 11.6 Å². The second-order valence-corrected chi connectivity index (χ2v) is 6.86. The van der Waals surface area contributed by atoms with Crippen molar-refractivity contribution in [2.75, 3.05) is 0 Å². The summed E-state index contributed by atoms with van der Waals surface area (Å²) in [4.78, 5) is 0.261. The molecule has 5 heteroatoms. The van der Waals surface area contributed by atoms with Gasteiger partial charge in [0.1, 0.15) is 0 Å². The number of aryl methyl sites for hydroxylation is 1. The van der Waals surface area contributed by atoms with Gasteiger partial charge in [-0.25, -0.2) is 12.4 Å². The minimum Gasteiger partial charge on any atom is -0.236 e. The molecule has 0 radical (unpaired) electrons. The van der Waals surface area contributed by atoms with E-state index in [-0.39, 0.29) is 10.8 Å². The Morgan fingerprint density at radius 1 is 1.00 bits per heavy atom. The molecule has 3 rings (SSSR count). The van der Waals surface area contributed by atoms with E-state index in [0.29, 0.717) is 11.2 Å². The summed E-state index contributed by atoms with van der Waals surface area (Å²) in [6.07, 6.45) is 0. The highest BCUT2D eigenvalue weighted by Gasteiger charge is 2.24. The zero-order chi connectivity index (χ0) is 15.0. The molecule has 0 aliphatic heterocycles. The van der Waals surface area contributed by atoms with Gasteiger partial charge in [0.25, 0.3) is 10.0 Å². The number of benzene rings is 2. The molecule has 0 saturated carbocycles. The van der Waals surface area contributed by atoms with E-state index in [2.05, 4.69) is 0 Å². The van der Waals surface area contributed by atoms with E-state index < -0.39 is 10.0 Å². The van der Waals surface area contributed by atoms with Gasteiger partial charge in [-0.1, -0.05) is 36.4 Å². The second-order valence-electron chi connectivity index (χ2n) is 4.80. The van der Waals surface area contributed by atoms with Crippen LogP contribution in [0.4, 0.5) is 0 Å². The molecule has 1 heterocycles. The minimum atomic E-state index is -3.66. The van der Waals surface area contributed by atoms with Crippen molar-refractivity contribution in [3.63, 3.8) is 0 Å². The summed E-state index contributed by atoms with van der Waals surface area (Å²) in [5.74, 6) is 0.145. The van der Waals surface area contributed by atoms with E-state index in [0.717, 1.165) is 10.9 Å². The van der Waals surface area contributed by atoms with Crippen LogP contribution in [0.5, 0.6) is 0 Å². The highest BCUT2D eigenvalue weighted by Crippen LogP contribution is 2.30. The molecule has 0 aliphatic rings. The number of hydrogen-bond acceptors (Lipinski definition) is 2. The van der Waals surface area contributed by atoms with E-state index >= 15 is 0 Å². The molecular weight excluding hydrogens is 306 g/mol. The Morgan fingerprint density at radius 3 is 2.29 bits per heavy atom. The lowest BCUT2D eigenvalue weighted by atomic mass is 10.2. The molecule has 0 amide bonds. The van der Waals surface area contributed by atoms with Crippen LogP contribution in [0, 0.1) is 6.92 Å². The topological polar surface area (TPSA) is 39.1 Å². The number of alkyl halides is 1. The van der Waals surface area contributed by atoms with Gasteiger partial charge in [0.15, 0.2) is 0 Å². The fraction of sp³-hybridized carbons (Fsp3) is 0.125. The van der Waals surface area contributed by atoms with Crippen molar-refractivity contribution >= 4 is 32.5 Å². The zero-order valence-electron chi connectivity index (χ0n) is 11.5. The molecule has 0 saturated heterocycles. The fourth-order valence-electron chi connectivity index (χ4n) is 2.55. The first-order chi connectivity index (χ1) is 10.1.